The molecule has 2 fully saturated rings. The molecule has 1 aromatic heterocycles. The predicted octanol–water partition coefficient (Wildman–Crippen LogP) is 5.83. The van der Waals surface area contributed by atoms with Gasteiger partial charge < -0.3 is 30.6 Å². The Kier molecular flexibility index (Phi) is 9.94. The lowest BCUT2D eigenvalue weighted by Crippen LogP contribution is -2.58. The Labute approximate surface area is 282 Å². The van der Waals surface area contributed by atoms with E-state index >= 15 is 0 Å². The van der Waals surface area contributed by atoms with Crippen molar-refractivity contribution in [1.29, 1.82) is 0 Å². The maximum absolute atomic E-state index is 14.3. The van der Waals surface area contributed by atoms with Gasteiger partial charge in [0.05, 0.1) is 22.5 Å². The van der Waals surface area contributed by atoms with Crippen LogP contribution in [0.2, 0.25) is 5.02 Å². The number of fused-ring (bicyclic) bond motifs is 1. The van der Waals surface area contributed by atoms with E-state index in [4.69, 9.17) is 21.3 Å². The van der Waals surface area contributed by atoms with Gasteiger partial charge >= 0.3 is 6.03 Å². The van der Waals surface area contributed by atoms with Crippen LogP contribution in [-0.4, -0.2) is 72.6 Å². The number of H-pyrrole nitrogens is 1. The minimum Gasteiger partial charge on any atom is -0.381 e. The third-order valence-corrected chi connectivity index (χ3v) is 10.3. The van der Waals surface area contributed by atoms with E-state index in [0.29, 0.717) is 43.4 Å². The number of aromatic nitrogens is 2. The highest BCUT2D eigenvalue weighted by Gasteiger charge is 2.51. The molecule has 3 aromatic rings. The van der Waals surface area contributed by atoms with E-state index in [2.05, 4.69) is 27.9 Å². The highest BCUT2D eigenvalue weighted by molar-refractivity contribution is 6.31. The maximum atomic E-state index is 14.3. The summed E-state index contributed by atoms with van der Waals surface area (Å²) in [7, 11) is 3.43. The van der Waals surface area contributed by atoms with Gasteiger partial charge in [0.2, 0.25) is 11.8 Å². The van der Waals surface area contributed by atoms with E-state index in [9.17, 15) is 14.4 Å². The highest BCUT2D eigenvalue weighted by Crippen LogP contribution is 2.60. The van der Waals surface area contributed by atoms with E-state index in [1.54, 1.807) is 14.1 Å². The lowest BCUT2D eigenvalue weighted by Gasteiger charge is -2.39. The fourth-order valence-corrected chi connectivity index (χ4v) is 7.08. The number of nitrogens with one attached hydrogen (secondary N) is 4. The molecule has 5 rings (SSSR count). The topological polar surface area (TPSA) is 128 Å². The number of carbonyl (C=O) groups is 3. The molecule has 10 nitrogen and oxygen atoms in total. The van der Waals surface area contributed by atoms with Gasteiger partial charge in [0.1, 0.15) is 11.9 Å². The molecular weight excluding hydrogens is 616 g/mol. The number of aromatic amines is 1. The lowest BCUT2D eigenvalue weighted by molar-refractivity contribution is -0.137. The van der Waals surface area contributed by atoms with Crippen molar-refractivity contribution in [3.05, 3.63) is 64.4 Å². The Morgan fingerprint density at radius 3 is 2.32 bits per heavy atom. The van der Waals surface area contributed by atoms with Gasteiger partial charge in [-0.1, -0.05) is 63.6 Å². The van der Waals surface area contributed by atoms with Crippen LogP contribution in [0.4, 0.5) is 4.79 Å². The molecule has 0 spiro atoms. The summed E-state index contributed by atoms with van der Waals surface area (Å²) < 4.78 is 5.72. The van der Waals surface area contributed by atoms with E-state index in [0.717, 1.165) is 35.0 Å². The summed E-state index contributed by atoms with van der Waals surface area (Å²) in [5.74, 6) is 0.103. The summed E-state index contributed by atoms with van der Waals surface area (Å²) in [5.41, 5.74) is 1.82. The molecule has 2 heterocycles. The zero-order chi connectivity index (χ0) is 34.1. The van der Waals surface area contributed by atoms with Crippen LogP contribution in [0.1, 0.15) is 89.2 Å². The molecule has 0 bridgehead atoms. The summed E-state index contributed by atoms with van der Waals surface area (Å²) in [6, 6.07) is 12.3. The van der Waals surface area contributed by atoms with E-state index in [1.165, 1.54) is 4.90 Å². The first-order chi connectivity index (χ1) is 22.2. The number of imidazole rings is 1. The van der Waals surface area contributed by atoms with Crippen molar-refractivity contribution in [2.75, 3.05) is 33.9 Å². The fourth-order valence-electron chi connectivity index (χ4n) is 6.83. The number of halogens is 1. The van der Waals surface area contributed by atoms with Crippen molar-refractivity contribution in [3.63, 3.8) is 0 Å². The van der Waals surface area contributed by atoms with Crippen molar-refractivity contribution in [2.45, 2.75) is 83.7 Å². The van der Waals surface area contributed by atoms with Gasteiger partial charge in [0.25, 0.3) is 0 Å². The average molecular weight is 665 g/mol. The first-order valence-corrected chi connectivity index (χ1v) is 17.0. The van der Waals surface area contributed by atoms with Crippen molar-refractivity contribution >= 4 is 40.5 Å². The molecule has 0 unspecified atom stereocenters. The summed E-state index contributed by atoms with van der Waals surface area (Å²) in [6.07, 6.45) is 2.97. The molecule has 0 radical (unpaired) electrons. The minimum absolute atomic E-state index is 0.0721. The molecule has 1 saturated carbocycles. The molecule has 4 amide bonds. The first-order valence-electron chi connectivity index (χ1n) is 16.6. The third-order valence-electron chi connectivity index (χ3n) is 9.93. The monoisotopic (exact) mass is 664 g/mol. The van der Waals surface area contributed by atoms with Crippen LogP contribution in [0.3, 0.4) is 0 Å². The molecule has 1 saturated heterocycles. The highest BCUT2D eigenvalue weighted by atomic mass is 35.5. The number of hydrogen-bond acceptors (Lipinski definition) is 5. The Balaban J connectivity index is 1.56. The van der Waals surface area contributed by atoms with Gasteiger partial charge in [-0.25, -0.2) is 9.78 Å². The number of rotatable bonds is 10. The Morgan fingerprint density at radius 1 is 1.04 bits per heavy atom. The van der Waals surface area contributed by atoms with Crippen LogP contribution in [-0.2, 0) is 19.7 Å². The molecule has 47 heavy (non-hydrogen) atoms. The Bertz CT molecular complexity index is 1620. The third kappa shape index (κ3) is 7.14. The molecular formula is C36H49ClN6O4. The smallest absolute Gasteiger partial charge is 0.317 e. The SMILES string of the molecule is CCNC(=O)[C@H](NC(=O)C1(c2ccc3nc([C@@H](NC(=O)N(C)C)[C@H](c4ccccc4Cl)C4(C)CC4)[nH]c3c2)CCOCC1)C(C)(C)C. The number of benzene rings is 2. The van der Waals surface area contributed by atoms with Gasteiger partial charge in [-0.05, 0) is 72.8 Å². The van der Waals surface area contributed by atoms with Crippen LogP contribution in [0, 0.1) is 10.8 Å². The van der Waals surface area contributed by atoms with Crippen LogP contribution in [0.15, 0.2) is 42.5 Å². The number of ether oxygens (including phenoxy) is 1. The number of likely N-dealkylation sites (N-methyl/N-ethyl adjacent to an activating group) is 1. The summed E-state index contributed by atoms with van der Waals surface area (Å²) in [6.45, 7) is 11.3. The summed E-state index contributed by atoms with van der Waals surface area (Å²) in [5, 5.41) is 9.89. The van der Waals surface area contributed by atoms with E-state index in [-0.39, 0.29) is 29.2 Å². The van der Waals surface area contributed by atoms with Gasteiger partial charge in [-0.2, -0.15) is 0 Å². The number of carbonyl (C=O) groups excluding carboxylic acids is 3. The fraction of sp³-hybridized carbons (Fsp3) is 0.556. The molecule has 2 aromatic carbocycles. The van der Waals surface area contributed by atoms with Crippen LogP contribution < -0.4 is 16.0 Å². The molecule has 254 valence electrons. The van der Waals surface area contributed by atoms with Crippen molar-refractivity contribution in [1.82, 2.24) is 30.8 Å². The summed E-state index contributed by atoms with van der Waals surface area (Å²) in [4.78, 5) is 50.6. The van der Waals surface area contributed by atoms with Crippen LogP contribution in [0.5, 0.6) is 0 Å². The number of urea groups is 1. The molecule has 1 aliphatic carbocycles. The van der Waals surface area contributed by atoms with Crippen molar-refractivity contribution in [2.24, 2.45) is 10.8 Å². The lowest BCUT2D eigenvalue weighted by atomic mass is 9.72. The zero-order valence-corrected chi connectivity index (χ0v) is 29.4. The molecule has 3 atom stereocenters. The maximum Gasteiger partial charge on any atom is 0.317 e. The van der Waals surface area contributed by atoms with Gasteiger partial charge in [-0.15, -0.1) is 0 Å². The van der Waals surface area contributed by atoms with Gasteiger partial charge in [0.15, 0.2) is 0 Å². The second kappa shape index (κ2) is 13.5. The molecule has 1 aliphatic heterocycles. The Hall–Kier alpha value is -3.63. The molecule has 11 heteroatoms. The molecule has 4 N–H and O–H groups in total. The summed E-state index contributed by atoms with van der Waals surface area (Å²) >= 11 is 6.79. The predicted molar refractivity (Wildman–Crippen MR) is 184 cm³/mol. The first kappa shape index (κ1) is 34.7. The van der Waals surface area contributed by atoms with E-state index in [1.807, 2.05) is 70.2 Å². The van der Waals surface area contributed by atoms with Crippen molar-refractivity contribution in [3.8, 4) is 0 Å². The second-order valence-electron chi connectivity index (χ2n) is 14.7. The van der Waals surface area contributed by atoms with E-state index < -0.39 is 22.9 Å². The van der Waals surface area contributed by atoms with Crippen LogP contribution >= 0.6 is 11.6 Å². The zero-order valence-electron chi connectivity index (χ0n) is 28.6. The largest absolute Gasteiger partial charge is 0.381 e. The minimum atomic E-state index is -0.895. The van der Waals surface area contributed by atoms with Crippen molar-refractivity contribution < 1.29 is 19.1 Å². The normalized spacial score (nSPS) is 18.9. The van der Waals surface area contributed by atoms with Gasteiger partial charge in [0, 0.05) is 44.8 Å². The quantitative estimate of drug-likeness (QED) is 0.217. The number of hydrogen-bond donors (Lipinski definition) is 4. The molecule has 2 aliphatic rings. The van der Waals surface area contributed by atoms with Gasteiger partial charge in [-0.3, -0.25) is 9.59 Å². The number of amides is 4. The number of nitrogens with zero attached hydrogens (tertiary/aromatic N) is 2. The average Bonchev–Trinajstić information content (AvgIpc) is 3.62. The van der Waals surface area contributed by atoms with Crippen LogP contribution in [0.25, 0.3) is 11.0 Å². The standard InChI is InChI=1S/C36H49ClN6O4/c1-8-38-31(44)29(34(2,3)4)42-32(45)36(17-19-47-20-18-36)22-13-14-25-26(21-22)40-30(39-25)28(41-33(46)43(6)7)27(35(5)15-16-35)23-11-9-10-12-24(23)37/h9-14,21,27-29H,8,15-20H2,1-7H3,(H,38,44)(H,39,40)(H,41,46)(H,42,45)/t27-,28-,29-/m0/s1. The second-order valence-corrected chi connectivity index (χ2v) is 15.1. The Morgan fingerprint density at radius 2 is 1.72 bits per heavy atom.